The van der Waals surface area contributed by atoms with Gasteiger partial charge in [0.15, 0.2) is 0 Å². The van der Waals surface area contributed by atoms with Gasteiger partial charge >= 0.3 is 5.97 Å². The minimum absolute atomic E-state index is 0.0185. The number of likely N-dealkylation sites (tertiary alicyclic amines) is 1. The maximum absolute atomic E-state index is 11.8. The molecule has 1 heterocycles. The van der Waals surface area contributed by atoms with Crippen LogP contribution in [0.5, 0.6) is 0 Å². The highest BCUT2D eigenvalue weighted by Crippen LogP contribution is 2.10. The molecule has 1 unspecified atom stereocenters. The molecule has 1 fully saturated rings. The van der Waals surface area contributed by atoms with Gasteiger partial charge in [0.2, 0.25) is 11.8 Å². The fourth-order valence-corrected chi connectivity index (χ4v) is 2.17. The summed E-state index contributed by atoms with van der Waals surface area (Å²) in [5, 5.41) is 11.4. The number of carbonyl (C=O) groups excluding carboxylic acids is 2. The minimum Gasteiger partial charge on any atom is -0.480 e. The fraction of sp³-hybridized carbons (Fsp3) is 0.769. The van der Waals surface area contributed by atoms with Crippen molar-refractivity contribution in [3.8, 4) is 0 Å². The highest BCUT2D eigenvalue weighted by Gasteiger charge is 2.23. The molecule has 0 aromatic heterocycles. The third-order valence-electron chi connectivity index (χ3n) is 3.22. The van der Waals surface area contributed by atoms with Crippen LogP contribution in [-0.2, 0) is 14.4 Å². The topological polar surface area (TPSA) is 86.7 Å². The van der Waals surface area contributed by atoms with Gasteiger partial charge in [-0.25, -0.2) is 4.79 Å². The highest BCUT2D eigenvalue weighted by atomic mass is 16.4. The lowest BCUT2D eigenvalue weighted by molar-refractivity contribution is -0.142. The quantitative estimate of drug-likeness (QED) is 0.746. The van der Waals surface area contributed by atoms with Crippen LogP contribution < -0.4 is 5.32 Å². The largest absolute Gasteiger partial charge is 0.480 e. The number of hydrogen-bond donors (Lipinski definition) is 2. The smallest absolute Gasteiger partial charge is 0.326 e. The number of carboxylic acids is 1. The van der Waals surface area contributed by atoms with Gasteiger partial charge in [-0.3, -0.25) is 9.59 Å². The van der Waals surface area contributed by atoms with Crippen molar-refractivity contribution in [1.82, 2.24) is 10.2 Å². The number of nitrogens with zero attached hydrogens (tertiary/aromatic N) is 1. The van der Waals surface area contributed by atoms with Crippen LogP contribution in [0.2, 0.25) is 0 Å². The molecule has 0 aromatic rings. The second kappa shape index (κ2) is 7.76. The SMILES string of the molecule is CCCC(NC(=O)CN1CCCCCC1=O)C(=O)O. The van der Waals surface area contributed by atoms with E-state index in [0.717, 1.165) is 19.3 Å². The summed E-state index contributed by atoms with van der Waals surface area (Å²) in [6, 6.07) is -0.861. The Morgan fingerprint density at radius 2 is 2.11 bits per heavy atom. The molecular formula is C13H22N2O4. The van der Waals surface area contributed by atoms with Crippen LogP contribution in [0.4, 0.5) is 0 Å². The zero-order chi connectivity index (χ0) is 14.3. The zero-order valence-electron chi connectivity index (χ0n) is 11.4. The summed E-state index contributed by atoms with van der Waals surface area (Å²) in [6.07, 6.45) is 4.32. The summed E-state index contributed by atoms with van der Waals surface area (Å²) in [6.45, 7) is 2.41. The third-order valence-corrected chi connectivity index (χ3v) is 3.22. The molecule has 1 aliphatic rings. The molecule has 2 amide bonds. The normalized spacial score (nSPS) is 17.7. The van der Waals surface area contributed by atoms with Crippen molar-refractivity contribution in [2.45, 2.75) is 51.5 Å². The summed E-state index contributed by atoms with van der Waals surface area (Å²) < 4.78 is 0. The molecular weight excluding hydrogens is 248 g/mol. The van der Waals surface area contributed by atoms with Crippen LogP contribution in [0, 0.1) is 0 Å². The van der Waals surface area contributed by atoms with Crippen LogP contribution in [-0.4, -0.2) is 46.9 Å². The van der Waals surface area contributed by atoms with E-state index in [1.165, 1.54) is 4.90 Å². The van der Waals surface area contributed by atoms with Gasteiger partial charge in [-0.05, 0) is 19.3 Å². The molecule has 0 saturated carbocycles. The van der Waals surface area contributed by atoms with Crippen LogP contribution in [0.1, 0.15) is 45.4 Å². The molecule has 0 radical (unpaired) electrons. The first kappa shape index (κ1) is 15.5. The number of carbonyl (C=O) groups is 3. The maximum atomic E-state index is 11.8. The third kappa shape index (κ3) is 5.28. The second-order valence-corrected chi connectivity index (χ2v) is 4.87. The van der Waals surface area contributed by atoms with Gasteiger partial charge in [-0.2, -0.15) is 0 Å². The molecule has 0 bridgehead atoms. The van der Waals surface area contributed by atoms with Crippen molar-refractivity contribution < 1.29 is 19.5 Å². The van der Waals surface area contributed by atoms with Crippen molar-refractivity contribution in [1.29, 1.82) is 0 Å². The van der Waals surface area contributed by atoms with E-state index in [1.807, 2.05) is 6.92 Å². The number of amides is 2. The van der Waals surface area contributed by atoms with Crippen molar-refractivity contribution in [3.05, 3.63) is 0 Å². The van der Waals surface area contributed by atoms with E-state index in [2.05, 4.69) is 5.32 Å². The Balaban J connectivity index is 2.48. The van der Waals surface area contributed by atoms with Crippen LogP contribution in [0.25, 0.3) is 0 Å². The van der Waals surface area contributed by atoms with E-state index < -0.39 is 17.9 Å². The van der Waals surface area contributed by atoms with E-state index in [4.69, 9.17) is 5.11 Å². The number of hydrogen-bond acceptors (Lipinski definition) is 3. The predicted octanol–water partition coefficient (Wildman–Crippen LogP) is 0.758. The highest BCUT2D eigenvalue weighted by molar-refractivity contribution is 5.88. The molecule has 19 heavy (non-hydrogen) atoms. The van der Waals surface area contributed by atoms with E-state index in [1.54, 1.807) is 0 Å². The lowest BCUT2D eigenvalue weighted by Crippen LogP contribution is -2.46. The summed E-state index contributed by atoms with van der Waals surface area (Å²) in [5.74, 6) is -1.44. The van der Waals surface area contributed by atoms with Gasteiger partial charge in [0.1, 0.15) is 6.04 Å². The minimum atomic E-state index is -1.03. The summed E-state index contributed by atoms with van der Waals surface area (Å²) in [5.41, 5.74) is 0. The van der Waals surface area contributed by atoms with Gasteiger partial charge in [0.05, 0.1) is 6.54 Å². The summed E-state index contributed by atoms with van der Waals surface area (Å²) >= 11 is 0. The van der Waals surface area contributed by atoms with Gasteiger partial charge < -0.3 is 15.3 Å². The van der Waals surface area contributed by atoms with E-state index in [-0.39, 0.29) is 12.5 Å². The van der Waals surface area contributed by atoms with Crippen LogP contribution in [0.3, 0.4) is 0 Å². The van der Waals surface area contributed by atoms with Gasteiger partial charge in [-0.1, -0.05) is 19.8 Å². The maximum Gasteiger partial charge on any atom is 0.326 e. The molecule has 1 atom stereocenters. The van der Waals surface area contributed by atoms with Crippen molar-refractivity contribution in [2.24, 2.45) is 0 Å². The van der Waals surface area contributed by atoms with Gasteiger partial charge in [0, 0.05) is 13.0 Å². The number of rotatable bonds is 6. The van der Waals surface area contributed by atoms with E-state index in [9.17, 15) is 14.4 Å². The Labute approximate surface area is 113 Å². The van der Waals surface area contributed by atoms with E-state index in [0.29, 0.717) is 25.8 Å². The Kier molecular flexibility index (Phi) is 6.32. The molecule has 0 aromatic carbocycles. The number of carboxylic acid groups (broad SMARTS) is 1. The first-order chi connectivity index (χ1) is 9.04. The molecule has 6 nitrogen and oxygen atoms in total. The Morgan fingerprint density at radius 3 is 2.74 bits per heavy atom. The molecule has 2 N–H and O–H groups in total. The molecule has 0 spiro atoms. The second-order valence-electron chi connectivity index (χ2n) is 4.87. The van der Waals surface area contributed by atoms with Crippen molar-refractivity contribution >= 4 is 17.8 Å². The monoisotopic (exact) mass is 270 g/mol. The fourth-order valence-electron chi connectivity index (χ4n) is 2.17. The Morgan fingerprint density at radius 1 is 1.37 bits per heavy atom. The standard InChI is InChI=1S/C13H22N2O4/c1-2-6-10(13(18)19)14-11(16)9-15-8-5-3-4-7-12(15)17/h10H,2-9H2,1H3,(H,14,16)(H,18,19). The predicted molar refractivity (Wildman–Crippen MR) is 69.5 cm³/mol. The Bertz CT molecular complexity index is 344. The van der Waals surface area contributed by atoms with Crippen molar-refractivity contribution in [2.75, 3.05) is 13.1 Å². The molecule has 1 rings (SSSR count). The molecule has 1 saturated heterocycles. The van der Waals surface area contributed by atoms with E-state index >= 15 is 0 Å². The molecule has 6 heteroatoms. The van der Waals surface area contributed by atoms with Crippen LogP contribution in [0.15, 0.2) is 0 Å². The molecule has 1 aliphatic heterocycles. The molecule has 108 valence electrons. The molecule has 0 aliphatic carbocycles. The Hall–Kier alpha value is -1.59. The number of nitrogens with one attached hydrogen (secondary N) is 1. The average molecular weight is 270 g/mol. The lowest BCUT2D eigenvalue weighted by Gasteiger charge is -2.21. The average Bonchev–Trinajstić information content (AvgIpc) is 2.54. The summed E-state index contributed by atoms with van der Waals surface area (Å²) in [4.78, 5) is 36.0. The zero-order valence-corrected chi connectivity index (χ0v) is 11.4. The first-order valence-electron chi connectivity index (χ1n) is 6.84. The number of aliphatic carboxylic acids is 1. The van der Waals surface area contributed by atoms with Gasteiger partial charge in [0.25, 0.3) is 0 Å². The first-order valence-corrected chi connectivity index (χ1v) is 6.84. The van der Waals surface area contributed by atoms with Crippen LogP contribution >= 0.6 is 0 Å². The lowest BCUT2D eigenvalue weighted by atomic mass is 10.1. The van der Waals surface area contributed by atoms with Crippen molar-refractivity contribution in [3.63, 3.8) is 0 Å². The summed E-state index contributed by atoms with van der Waals surface area (Å²) in [7, 11) is 0. The van der Waals surface area contributed by atoms with Gasteiger partial charge in [-0.15, -0.1) is 0 Å².